The Balaban J connectivity index is 1.21. The molecule has 2 heterocycles. The number of carbonyl (C=O) groups excluding carboxylic acids is 2. The molecule has 0 unspecified atom stereocenters. The number of hydrogen-bond acceptors (Lipinski definition) is 3. The third-order valence-corrected chi connectivity index (χ3v) is 6.31. The molecule has 2 fully saturated rings. The smallest absolute Gasteiger partial charge is 0.253 e. The number of nitrogens with one attached hydrogen (secondary N) is 1. The summed E-state index contributed by atoms with van der Waals surface area (Å²) in [5.41, 5.74) is 3.84. The summed E-state index contributed by atoms with van der Waals surface area (Å²) in [7, 11) is 1.85. The van der Waals surface area contributed by atoms with E-state index in [-0.39, 0.29) is 11.8 Å². The summed E-state index contributed by atoms with van der Waals surface area (Å²) in [6.07, 6.45) is 4.88. The molecule has 1 N–H and O–H groups in total. The molecule has 1 atom stereocenters. The van der Waals surface area contributed by atoms with Crippen molar-refractivity contribution in [1.82, 2.24) is 20.0 Å². The third kappa shape index (κ3) is 3.70. The summed E-state index contributed by atoms with van der Waals surface area (Å²) in [5, 5.41) is 8.14. The van der Waals surface area contributed by atoms with Crippen LogP contribution in [0.5, 0.6) is 0 Å². The minimum absolute atomic E-state index is 0.0255. The largest absolute Gasteiger partial charge is 0.342 e. The van der Waals surface area contributed by atoms with Gasteiger partial charge >= 0.3 is 0 Å². The highest BCUT2D eigenvalue weighted by atomic mass is 16.2. The van der Waals surface area contributed by atoms with Gasteiger partial charge in [-0.05, 0) is 54.5 Å². The zero-order valence-corrected chi connectivity index (χ0v) is 17.2. The first kappa shape index (κ1) is 18.9. The topological polar surface area (TPSA) is 69.3 Å². The first-order valence-electron chi connectivity index (χ1n) is 10.7. The van der Waals surface area contributed by atoms with Crippen molar-refractivity contribution >= 4 is 22.7 Å². The van der Waals surface area contributed by atoms with Crippen molar-refractivity contribution in [2.24, 2.45) is 11.8 Å². The van der Waals surface area contributed by atoms with Crippen molar-refractivity contribution in [1.29, 1.82) is 0 Å². The number of H-pyrrole nitrogens is 1. The summed E-state index contributed by atoms with van der Waals surface area (Å²) in [6.45, 7) is 2.30. The maximum Gasteiger partial charge on any atom is 0.253 e. The average Bonchev–Trinajstić information content (AvgIpc) is 3.34. The molecule has 154 valence electrons. The van der Waals surface area contributed by atoms with E-state index in [0.717, 1.165) is 54.4 Å². The van der Waals surface area contributed by atoms with Gasteiger partial charge in [-0.2, -0.15) is 5.10 Å². The van der Waals surface area contributed by atoms with Gasteiger partial charge in [-0.15, -0.1) is 0 Å². The third-order valence-electron chi connectivity index (χ3n) is 6.31. The highest BCUT2D eigenvalue weighted by molar-refractivity contribution is 5.94. The molecule has 2 amide bonds. The van der Waals surface area contributed by atoms with Crippen LogP contribution in [0, 0.1) is 11.8 Å². The molecule has 0 spiro atoms. The number of nitrogens with zero attached hydrogens (tertiary/aromatic N) is 3. The van der Waals surface area contributed by atoms with E-state index in [1.54, 1.807) is 4.90 Å². The monoisotopic (exact) mass is 402 g/mol. The summed E-state index contributed by atoms with van der Waals surface area (Å²) < 4.78 is 0. The molecule has 2 aromatic carbocycles. The van der Waals surface area contributed by atoms with Gasteiger partial charge in [-0.25, -0.2) is 0 Å². The standard InChI is InChI=1S/C24H26N4O2/c1-27(14-16-10-11-28(15-16)24(30)19-6-7-19)23(29)18-4-2-17(3-5-18)20-8-9-21-13-25-26-22(21)12-20/h2-5,8-9,12-13,16,19H,6-7,10-11,14-15H2,1H3,(H,25,26)/t16-/m0/s1. The van der Waals surface area contributed by atoms with Crippen LogP contribution in [0.25, 0.3) is 22.0 Å². The van der Waals surface area contributed by atoms with Gasteiger partial charge in [0.2, 0.25) is 5.91 Å². The molecule has 1 saturated carbocycles. The molecule has 2 aliphatic rings. The number of hydrogen-bond donors (Lipinski definition) is 1. The Morgan fingerprint density at radius 2 is 1.87 bits per heavy atom. The van der Waals surface area contributed by atoms with Gasteiger partial charge in [0.15, 0.2) is 0 Å². The molecule has 1 aliphatic heterocycles. The molecule has 1 aliphatic carbocycles. The number of fused-ring (bicyclic) bond motifs is 1. The van der Waals surface area contributed by atoms with E-state index < -0.39 is 0 Å². The molecule has 0 bridgehead atoms. The molecule has 30 heavy (non-hydrogen) atoms. The van der Waals surface area contributed by atoms with E-state index in [4.69, 9.17) is 0 Å². The lowest BCUT2D eigenvalue weighted by atomic mass is 10.0. The number of rotatable bonds is 5. The second-order valence-electron chi connectivity index (χ2n) is 8.65. The van der Waals surface area contributed by atoms with Crippen LogP contribution < -0.4 is 0 Å². The van der Waals surface area contributed by atoms with Gasteiger partial charge in [0.1, 0.15) is 0 Å². The summed E-state index contributed by atoms with van der Waals surface area (Å²) in [5.74, 6) is 0.977. The molecular weight excluding hydrogens is 376 g/mol. The van der Waals surface area contributed by atoms with Crippen LogP contribution in [0.4, 0.5) is 0 Å². The molecule has 0 radical (unpaired) electrons. The van der Waals surface area contributed by atoms with Crippen LogP contribution in [0.1, 0.15) is 29.6 Å². The number of benzene rings is 2. The Hall–Kier alpha value is -3.15. The van der Waals surface area contributed by atoms with Crippen LogP contribution in [0.2, 0.25) is 0 Å². The van der Waals surface area contributed by atoms with Gasteiger partial charge in [0.05, 0.1) is 11.7 Å². The number of aromatic amines is 1. The lowest BCUT2D eigenvalue weighted by molar-refractivity contribution is -0.131. The highest BCUT2D eigenvalue weighted by Crippen LogP contribution is 2.33. The van der Waals surface area contributed by atoms with Gasteiger partial charge in [0.25, 0.3) is 5.91 Å². The fourth-order valence-electron chi connectivity index (χ4n) is 4.38. The Morgan fingerprint density at radius 1 is 1.10 bits per heavy atom. The van der Waals surface area contributed by atoms with E-state index in [0.29, 0.717) is 23.9 Å². The van der Waals surface area contributed by atoms with Crippen molar-refractivity contribution in [3.05, 3.63) is 54.2 Å². The Bertz CT molecular complexity index is 1080. The quantitative estimate of drug-likeness (QED) is 0.709. The molecule has 5 rings (SSSR count). The Labute approximate surface area is 175 Å². The van der Waals surface area contributed by atoms with Crippen LogP contribution in [-0.2, 0) is 4.79 Å². The first-order chi connectivity index (χ1) is 14.6. The maximum atomic E-state index is 12.9. The van der Waals surface area contributed by atoms with E-state index in [2.05, 4.69) is 22.3 Å². The highest BCUT2D eigenvalue weighted by Gasteiger charge is 2.36. The second-order valence-corrected chi connectivity index (χ2v) is 8.65. The van der Waals surface area contributed by atoms with Crippen LogP contribution in [0.15, 0.2) is 48.7 Å². The van der Waals surface area contributed by atoms with Gasteiger partial charge in [-0.3, -0.25) is 14.7 Å². The Morgan fingerprint density at radius 3 is 2.63 bits per heavy atom. The summed E-state index contributed by atoms with van der Waals surface area (Å²) in [4.78, 5) is 28.9. The molecule has 6 nitrogen and oxygen atoms in total. The summed E-state index contributed by atoms with van der Waals surface area (Å²) in [6, 6.07) is 13.9. The van der Waals surface area contributed by atoms with Gasteiger partial charge in [-0.1, -0.05) is 24.3 Å². The van der Waals surface area contributed by atoms with Crippen LogP contribution >= 0.6 is 0 Å². The minimum atomic E-state index is 0.0255. The van der Waals surface area contributed by atoms with Gasteiger partial charge < -0.3 is 9.80 Å². The molecule has 3 aromatic rings. The van der Waals surface area contributed by atoms with Crippen molar-refractivity contribution in [3.63, 3.8) is 0 Å². The van der Waals surface area contributed by atoms with E-state index in [1.165, 1.54) is 0 Å². The number of amides is 2. The maximum absolute atomic E-state index is 12.9. The molecular formula is C24H26N4O2. The van der Waals surface area contributed by atoms with Crippen molar-refractivity contribution in [3.8, 4) is 11.1 Å². The average molecular weight is 402 g/mol. The number of aromatic nitrogens is 2. The lowest BCUT2D eigenvalue weighted by Gasteiger charge is -2.22. The van der Waals surface area contributed by atoms with Crippen LogP contribution in [-0.4, -0.2) is 58.5 Å². The summed E-state index contributed by atoms with van der Waals surface area (Å²) >= 11 is 0. The zero-order valence-electron chi connectivity index (χ0n) is 17.2. The van der Waals surface area contributed by atoms with Crippen molar-refractivity contribution < 1.29 is 9.59 Å². The predicted molar refractivity (Wildman–Crippen MR) is 116 cm³/mol. The zero-order chi connectivity index (χ0) is 20.7. The fourth-order valence-corrected chi connectivity index (χ4v) is 4.38. The Kier molecular flexibility index (Phi) is 4.77. The first-order valence-corrected chi connectivity index (χ1v) is 10.7. The van der Waals surface area contributed by atoms with E-state index >= 15 is 0 Å². The lowest BCUT2D eigenvalue weighted by Crippen LogP contribution is -2.34. The predicted octanol–water partition coefficient (Wildman–Crippen LogP) is 3.56. The molecule has 6 heteroatoms. The normalized spacial score (nSPS) is 18.7. The van der Waals surface area contributed by atoms with Crippen molar-refractivity contribution in [2.75, 3.05) is 26.7 Å². The second kappa shape index (κ2) is 7.59. The number of likely N-dealkylation sites (tertiary alicyclic amines) is 1. The minimum Gasteiger partial charge on any atom is -0.342 e. The molecule has 1 saturated heterocycles. The SMILES string of the molecule is CN(C[C@@H]1CCN(C(=O)C2CC2)C1)C(=O)c1ccc(-c2ccc3cn[nH]c3c2)cc1. The fraction of sp³-hybridized carbons (Fsp3) is 0.375. The van der Waals surface area contributed by atoms with E-state index in [1.807, 2.05) is 48.5 Å². The number of carbonyl (C=O) groups is 2. The molecule has 1 aromatic heterocycles. The van der Waals surface area contributed by atoms with Gasteiger partial charge in [0, 0.05) is 43.5 Å². The van der Waals surface area contributed by atoms with E-state index in [9.17, 15) is 9.59 Å². The van der Waals surface area contributed by atoms with Crippen LogP contribution in [0.3, 0.4) is 0 Å². The van der Waals surface area contributed by atoms with Crippen molar-refractivity contribution in [2.45, 2.75) is 19.3 Å².